The van der Waals surface area contributed by atoms with Crippen LogP contribution < -0.4 is 10.5 Å². The third-order valence-corrected chi connectivity index (χ3v) is 3.04. The summed E-state index contributed by atoms with van der Waals surface area (Å²) in [6.07, 6.45) is -4.45. The van der Waals surface area contributed by atoms with Gasteiger partial charge in [-0.3, -0.25) is 0 Å². The molecular formula is C15H14F3NO. The summed E-state index contributed by atoms with van der Waals surface area (Å²) < 4.78 is 43.7. The number of alkyl halides is 3. The zero-order valence-electron chi connectivity index (χ0n) is 11.1. The zero-order chi connectivity index (χ0) is 14.9. The lowest BCUT2D eigenvalue weighted by molar-refractivity contribution is -0.137. The maximum atomic E-state index is 12.7. The lowest BCUT2D eigenvalue weighted by Gasteiger charge is -2.13. The highest BCUT2D eigenvalue weighted by atomic mass is 19.4. The highest BCUT2D eigenvalue weighted by Gasteiger charge is 2.31. The van der Waals surface area contributed by atoms with Crippen molar-refractivity contribution in [3.05, 3.63) is 53.1 Å². The monoisotopic (exact) mass is 281 g/mol. The highest BCUT2D eigenvalue weighted by molar-refractivity contribution is 5.50. The Morgan fingerprint density at radius 3 is 2.40 bits per heavy atom. The Bertz CT molecular complexity index is 636. The standard InChI is InChI=1S/C15H14F3NO/c1-9-4-3-5-14(10(9)2)20-13-7-11(15(16,17)18)6-12(19)8-13/h3-8H,19H2,1-2H3. The average molecular weight is 281 g/mol. The summed E-state index contributed by atoms with van der Waals surface area (Å²) in [6, 6.07) is 8.60. The van der Waals surface area contributed by atoms with Crippen molar-refractivity contribution in [1.29, 1.82) is 0 Å². The van der Waals surface area contributed by atoms with Crippen LogP contribution in [0.1, 0.15) is 16.7 Å². The number of anilines is 1. The summed E-state index contributed by atoms with van der Waals surface area (Å²) in [6.45, 7) is 3.75. The van der Waals surface area contributed by atoms with Crippen LogP contribution in [0.25, 0.3) is 0 Å². The second-order valence-corrected chi connectivity index (χ2v) is 4.59. The Morgan fingerprint density at radius 1 is 1.05 bits per heavy atom. The van der Waals surface area contributed by atoms with Crippen molar-refractivity contribution in [3.63, 3.8) is 0 Å². The van der Waals surface area contributed by atoms with Crippen molar-refractivity contribution in [2.75, 3.05) is 5.73 Å². The van der Waals surface area contributed by atoms with E-state index in [9.17, 15) is 13.2 Å². The Labute approximate surface area is 115 Å². The smallest absolute Gasteiger partial charge is 0.416 e. The van der Waals surface area contributed by atoms with Gasteiger partial charge in [-0.25, -0.2) is 0 Å². The Hall–Kier alpha value is -2.17. The first kappa shape index (κ1) is 14.2. The fraction of sp³-hybridized carbons (Fsp3) is 0.200. The number of halogens is 3. The molecule has 5 heteroatoms. The summed E-state index contributed by atoms with van der Waals surface area (Å²) in [4.78, 5) is 0. The van der Waals surface area contributed by atoms with E-state index in [1.807, 2.05) is 19.9 Å². The van der Waals surface area contributed by atoms with Crippen molar-refractivity contribution in [1.82, 2.24) is 0 Å². The minimum absolute atomic E-state index is 0.0140. The van der Waals surface area contributed by atoms with Crippen molar-refractivity contribution >= 4 is 5.69 Å². The molecule has 0 aromatic heterocycles. The van der Waals surface area contributed by atoms with Crippen LogP contribution >= 0.6 is 0 Å². The molecule has 2 aromatic rings. The number of nitrogens with two attached hydrogens (primary N) is 1. The van der Waals surface area contributed by atoms with Crippen molar-refractivity contribution in [3.8, 4) is 11.5 Å². The van der Waals surface area contributed by atoms with Crippen LogP contribution in [0.15, 0.2) is 36.4 Å². The minimum Gasteiger partial charge on any atom is -0.457 e. The molecule has 0 saturated heterocycles. The fourth-order valence-electron chi connectivity index (χ4n) is 1.81. The van der Waals surface area contributed by atoms with Crippen LogP contribution in [0.2, 0.25) is 0 Å². The van der Waals surface area contributed by atoms with Crippen molar-refractivity contribution in [2.45, 2.75) is 20.0 Å². The molecule has 0 radical (unpaired) electrons. The topological polar surface area (TPSA) is 35.2 Å². The minimum atomic E-state index is -4.45. The summed E-state index contributed by atoms with van der Waals surface area (Å²) >= 11 is 0. The van der Waals surface area contributed by atoms with Gasteiger partial charge in [-0.1, -0.05) is 12.1 Å². The third-order valence-electron chi connectivity index (χ3n) is 3.04. The second-order valence-electron chi connectivity index (χ2n) is 4.59. The van der Waals surface area contributed by atoms with Gasteiger partial charge in [0.25, 0.3) is 0 Å². The maximum absolute atomic E-state index is 12.7. The Morgan fingerprint density at radius 2 is 1.75 bits per heavy atom. The van der Waals surface area contributed by atoms with Crippen molar-refractivity contribution in [2.24, 2.45) is 0 Å². The molecule has 0 aliphatic heterocycles. The molecule has 0 atom stereocenters. The molecular weight excluding hydrogens is 267 g/mol. The number of hydrogen-bond acceptors (Lipinski definition) is 2. The van der Waals surface area contributed by atoms with Gasteiger partial charge in [-0.15, -0.1) is 0 Å². The van der Waals surface area contributed by atoms with E-state index >= 15 is 0 Å². The summed E-state index contributed by atoms with van der Waals surface area (Å²) in [5.41, 5.74) is 6.57. The first-order valence-electron chi connectivity index (χ1n) is 5.99. The number of aryl methyl sites for hydroxylation is 1. The van der Waals surface area contributed by atoms with Gasteiger partial charge >= 0.3 is 6.18 Å². The Kier molecular flexibility index (Phi) is 3.61. The first-order chi connectivity index (χ1) is 9.27. The molecule has 2 rings (SSSR count). The average Bonchev–Trinajstić information content (AvgIpc) is 2.33. The SMILES string of the molecule is Cc1cccc(Oc2cc(N)cc(C(F)(F)F)c2)c1C. The van der Waals surface area contributed by atoms with Crippen molar-refractivity contribution < 1.29 is 17.9 Å². The number of rotatable bonds is 2. The molecule has 0 amide bonds. The van der Waals surface area contributed by atoms with Gasteiger partial charge < -0.3 is 10.5 Å². The van der Waals surface area contributed by atoms with Crippen LogP contribution in [0.4, 0.5) is 18.9 Å². The molecule has 0 fully saturated rings. The maximum Gasteiger partial charge on any atom is 0.416 e. The molecule has 20 heavy (non-hydrogen) atoms. The lowest BCUT2D eigenvalue weighted by atomic mass is 10.1. The first-order valence-corrected chi connectivity index (χ1v) is 5.99. The van der Waals surface area contributed by atoms with Gasteiger partial charge in [0, 0.05) is 11.8 Å². The van der Waals surface area contributed by atoms with Crippen LogP contribution in [0.3, 0.4) is 0 Å². The highest BCUT2D eigenvalue weighted by Crippen LogP contribution is 2.35. The van der Waals surface area contributed by atoms with E-state index in [-0.39, 0.29) is 11.4 Å². The quantitative estimate of drug-likeness (QED) is 0.810. The number of ether oxygens (including phenoxy) is 1. The van der Waals surface area contributed by atoms with Gasteiger partial charge in [0.15, 0.2) is 0 Å². The molecule has 2 N–H and O–H groups in total. The predicted molar refractivity (Wildman–Crippen MR) is 71.8 cm³/mol. The van der Waals surface area contributed by atoms with Crippen LogP contribution in [0, 0.1) is 13.8 Å². The van der Waals surface area contributed by atoms with E-state index in [0.29, 0.717) is 5.75 Å². The number of hydrogen-bond donors (Lipinski definition) is 1. The van der Waals surface area contributed by atoms with E-state index in [2.05, 4.69) is 0 Å². The normalized spacial score (nSPS) is 11.4. The van der Waals surface area contributed by atoms with Gasteiger partial charge in [0.2, 0.25) is 0 Å². The molecule has 106 valence electrons. The summed E-state index contributed by atoms with van der Waals surface area (Å²) in [5.74, 6) is 0.592. The van der Waals surface area contributed by atoms with Crippen LogP contribution in [0.5, 0.6) is 11.5 Å². The van der Waals surface area contributed by atoms with Gasteiger partial charge in [-0.2, -0.15) is 13.2 Å². The predicted octanol–water partition coefficient (Wildman–Crippen LogP) is 4.70. The lowest BCUT2D eigenvalue weighted by Crippen LogP contribution is -2.06. The van der Waals surface area contributed by atoms with E-state index < -0.39 is 11.7 Å². The zero-order valence-corrected chi connectivity index (χ0v) is 11.1. The molecule has 0 saturated carbocycles. The van der Waals surface area contributed by atoms with E-state index in [1.165, 1.54) is 6.07 Å². The third kappa shape index (κ3) is 3.04. The van der Waals surface area contributed by atoms with Crippen LogP contribution in [-0.2, 0) is 6.18 Å². The summed E-state index contributed by atoms with van der Waals surface area (Å²) in [5, 5.41) is 0. The Balaban J connectivity index is 2.39. The van der Waals surface area contributed by atoms with E-state index in [0.717, 1.165) is 23.3 Å². The number of benzene rings is 2. The molecule has 0 aliphatic carbocycles. The molecule has 0 bridgehead atoms. The number of nitrogen functional groups attached to an aromatic ring is 1. The molecule has 0 unspecified atom stereocenters. The second kappa shape index (κ2) is 5.07. The fourth-order valence-corrected chi connectivity index (χ4v) is 1.81. The van der Waals surface area contributed by atoms with Crippen LogP contribution in [-0.4, -0.2) is 0 Å². The molecule has 0 heterocycles. The summed E-state index contributed by atoms with van der Waals surface area (Å²) in [7, 11) is 0. The van der Waals surface area contributed by atoms with Gasteiger partial charge in [-0.05, 0) is 43.2 Å². The van der Waals surface area contributed by atoms with E-state index in [4.69, 9.17) is 10.5 Å². The van der Waals surface area contributed by atoms with Gasteiger partial charge in [0.1, 0.15) is 11.5 Å². The molecule has 0 aliphatic rings. The molecule has 0 spiro atoms. The molecule has 2 nitrogen and oxygen atoms in total. The van der Waals surface area contributed by atoms with E-state index in [1.54, 1.807) is 12.1 Å². The van der Waals surface area contributed by atoms with Gasteiger partial charge in [0.05, 0.1) is 5.56 Å². The largest absolute Gasteiger partial charge is 0.457 e. The molecule has 2 aromatic carbocycles.